The zero-order valence-electron chi connectivity index (χ0n) is 15.4. The number of aromatic nitrogens is 4. The Morgan fingerprint density at radius 2 is 1.81 bits per heavy atom. The van der Waals surface area contributed by atoms with Crippen LogP contribution in [0.4, 0.5) is 5.69 Å². The number of benzene rings is 2. The third-order valence-corrected chi connectivity index (χ3v) is 4.82. The van der Waals surface area contributed by atoms with Gasteiger partial charge >= 0.3 is 5.69 Å². The number of hydrogen-bond acceptors (Lipinski definition) is 4. The summed E-state index contributed by atoms with van der Waals surface area (Å²) in [5.74, 6) is -0.303. The number of carbonyl (C=O) groups excluding carboxylic acids is 1. The maximum Gasteiger partial charge on any atom is 0.352 e. The first-order chi connectivity index (χ1) is 13.0. The number of aryl methyl sites for hydroxylation is 2. The second-order valence-corrected chi connectivity index (χ2v) is 6.65. The highest BCUT2D eigenvalue weighted by Crippen LogP contribution is 2.19. The van der Waals surface area contributed by atoms with Crippen LogP contribution in [-0.2, 0) is 11.3 Å². The number of rotatable bonds is 3. The minimum atomic E-state index is -0.392. The third-order valence-electron chi connectivity index (χ3n) is 4.82. The first-order valence-electron chi connectivity index (χ1n) is 8.65. The van der Waals surface area contributed by atoms with Crippen molar-refractivity contribution >= 4 is 28.1 Å². The molecule has 0 aliphatic carbocycles. The van der Waals surface area contributed by atoms with Gasteiger partial charge in [0.2, 0.25) is 5.91 Å². The minimum Gasteiger partial charge on any atom is -0.324 e. The molecule has 2 aromatic heterocycles. The number of para-hydroxylation sites is 1. The lowest BCUT2D eigenvalue weighted by atomic mass is 10.1. The van der Waals surface area contributed by atoms with E-state index in [1.165, 1.54) is 15.4 Å². The van der Waals surface area contributed by atoms with Crippen LogP contribution in [-0.4, -0.2) is 25.1 Å². The van der Waals surface area contributed by atoms with Crippen LogP contribution < -0.4 is 11.0 Å². The molecule has 0 spiro atoms. The number of nitrogens with one attached hydrogen (secondary N) is 1. The molecule has 7 nitrogen and oxygen atoms in total. The first-order valence-corrected chi connectivity index (χ1v) is 8.65. The standard InChI is InChI=1S/C20H19N5O2/c1-12-6-5-9-16(14(12)3)22-17(26)10-25-20(27)24-11-21-18-13(2)7-4-8-15(18)19(24)23-25/h4-9,11H,10H2,1-3H3,(H,22,26). The van der Waals surface area contributed by atoms with Crippen molar-refractivity contribution in [3.05, 3.63) is 69.9 Å². The zero-order chi connectivity index (χ0) is 19.1. The third kappa shape index (κ3) is 2.87. The van der Waals surface area contributed by atoms with Gasteiger partial charge in [0.15, 0.2) is 5.65 Å². The Kier molecular flexibility index (Phi) is 3.99. The van der Waals surface area contributed by atoms with Crippen molar-refractivity contribution in [2.75, 3.05) is 5.32 Å². The van der Waals surface area contributed by atoms with Crippen LogP contribution in [0.25, 0.3) is 16.6 Å². The molecule has 0 aliphatic heterocycles. The van der Waals surface area contributed by atoms with E-state index in [4.69, 9.17) is 0 Å². The van der Waals surface area contributed by atoms with E-state index in [0.717, 1.165) is 33.3 Å². The fourth-order valence-corrected chi connectivity index (χ4v) is 3.15. The van der Waals surface area contributed by atoms with Crippen molar-refractivity contribution in [2.24, 2.45) is 0 Å². The van der Waals surface area contributed by atoms with Crippen molar-refractivity contribution in [1.82, 2.24) is 19.2 Å². The van der Waals surface area contributed by atoms with Gasteiger partial charge in [-0.15, -0.1) is 5.10 Å². The molecule has 4 rings (SSSR count). The molecule has 0 radical (unpaired) electrons. The Hall–Kier alpha value is -3.48. The number of amides is 1. The van der Waals surface area contributed by atoms with Crippen LogP contribution in [0.3, 0.4) is 0 Å². The van der Waals surface area contributed by atoms with Gasteiger partial charge in [0.25, 0.3) is 0 Å². The van der Waals surface area contributed by atoms with Crippen LogP contribution in [0, 0.1) is 20.8 Å². The Bertz CT molecular complexity index is 1250. The summed E-state index contributed by atoms with van der Waals surface area (Å²) >= 11 is 0. The molecule has 0 bridgehead atoms. The van der Waals surface area contributed by atoms with Crippen molar-refractivity contribution in [2.45, 2.75) is 27.3 Å². The van der Waals surface area contributed by atoms with Gasteiger partial charge in [-0.3, -0.25) is 4.79 Å². The molecule has 4 aromatic rings. The Morgan fingerprint density at radius 1 is 1.07 bits per heavy atom. The van der Waals surface area contributed by atoms with Gasteiger partial charge in [-0.2, -0.15) is 0 Å². The molecule has 136 valence electrons. The van der Waals surface area contributed by atoms with Crippen LogP contribution in [0.2, 0.25) is 0 Å². The average molecular weight is 361 g/mol. The number of carbonyl (C=O) groups is 1. The molecule has 27 heavy (non-hydrogen) atoms. The molecular formula is C20H19N5O2. The second-order valence-electron chi connectivity index (χ2n) is 6.65. The molecule has 1 amide bonds. The lowest BCUT2D eigenvalue weighted by Gasteiger charge is -2.09. The van der Waals surface area contributed by atoms with E-state index in [1.54, 1.807) is 0 Å². The molecule has 1 N–H and O–H groups in total. The van der Waals surface area contributed by atoms with E-state index < -0.39 is 5.69 Å². The van der Waals surface area contributed by atoms with Crippen molar-refractivity contribution < 1.29 is 4.79 Å². The largest absolute Gasteiger partial charge is 0.352 e. The first kappa shape index (κ1) is 17.0. The second kappa shape index (κ2) is 6.35. The van der Waals surface area contributed by atoms with Gasteiger partial charge in [0.1, 0.15) is 12.9 Å². The molecule has 7 heteroatoms. The molecule has 0 saturated carbocycles. The molecule has 2 aromatic carbocycles. The summed E-state index contributed by atoms with van der Waals surface area (Å²) in [6, 6.07) is 11.4. The maximum atomic E-state index is 12.6. The molecule has 0 unspecified atom stereocenters. The Morgan fingerprint density at radius 3 is 2.63 bits per heavy atom. The number of hydrogen-bond donors (Lipinski definition) is 1. The van der Waals surface area contributed by atoms with Gasteiger partial charge < -0.3 is 5.32 Å². The van der Waals surface area contributed by atoms with Gasteiger partial charge in [-0.1, -0.05) is 24.3 Å². The van der Waals surface area contributed by atoms with Crippen LogP contribution in [0.1, 0.15) is 16.7 Å². The van der Waals surface area contributed by atoms with E-state index in [1.807, 2.05) is 57.2 Å². The van der Waals surface area contributed by atoms with Crippen LogP contribution in [0.5, 0.6) is 0 Å². The number of nitrogens with zero attached hydrogens (tertiary/aromatic N) is 4. The molecule has 0 aliphatic rings. The highest BCUT2D eigenvalue weighted by atomic mass is 16.2. The lowest BCUT2D eigenvalue weighted by molar-refractivity contribution is -0.117. The summed E-state index contributed by atoms with van der Waals surface area (Å²) in [4.78, 5) is 29.4. The van der Waals surface area contributed by atoms with Gasteiger partial charge in [0.05, 0.1) is 5.52 Å². The van der Waals surface area contributed by atoms with E-state index in [2.05, 4.69) is 15.4 Å². The minimum absolute atomic E-state index is 0.165. The van der Waals surface area contributed by atoms with Gasteiger partial charge in [-0.05, 0) is 49.6 Å². The van der Waals surface area contributed by atoms with Crippen LogP contribution in [0.15, 0.2) is 47.5 Å². The molecule has 0 atom stereocenters. The monoisotopic (exact) mass is 361 g/mol. The molecule has 2 heterocycles. The Balaban J connectivity index is 1.70. The lowest BCUT2D eigenvalue weighted by Crippen LogP contribution is -2.28. The SMILES string of the molecule is Cc1cccc(NC(=O)Cn2nc3c4cccc(C)c4ncn3c2=O)c1C. The normalized spacial score (nSPS) is 11.2. The molecule has 0 fully saturated rings. The topological polar surface area (TPSA) is 81.3 Å². The van der Waals surface area contributed by atoms with Crippen LogP contribution >= 0.6 is 0 Å². The zero-order valence-corrected chi connectivity index (χ0v) is 15.4. The summed E-state index contributed by atoms with van der Waals surface area (Å²) in [7, 11) is 0. The Labute approximate surface area is 155 Å². The average Bonchev–Trinajstić information content (AvgIpc) is 2.96. The fraction of sp³-hybridized carbons (Fsp3) is 0.200. The highest BCUT2D eigenvalue weighted by molar-refractivity contribution is 5.93. The summed E-state index contributed by atoms with van der Waals surface area (Å²) in [6.07, 6.45) is 1.46. The van der Waals surface area contributed by atoms with E-state index in [-0.39, 0.29) is 12.5 Å². The highest BCUT2D eigenvalue weighted by Gasteiger charge is 2.14. The summed E-state index contributed by atoms with van der Waals surface area (Å²) < 4.78 is 2.53. The smallest absolute Gasteiger partial charge is 0.324 e. The maximum absolute atomic E-state index is 12.6. The summed E-state index contributed by atoms with van der Waals surface area (Å²) in [6.45, 7) is 5.72. The van der Waals surface area contributed by atoms with Gasteiger partial charge in [0, 0.05) is 11.1 Å². The number of fused-ring (bicyclic) bond motifs is 3. The van der Waals surface area contributed by atoms with E-state index in [0.29, 0.717) is 5.65 Å². The van der Waals surface area contributed by atoms with E-state index >= 15 is 0 Å². The predicted molar refractivity (Wildman–Crippen MR) is 104 cm³/mol. The molecular weight excluding hydrogens is 342 g/mol. The fourth-order valence-electron chi connectivity index (χ4n) is 3.15. The van der Waals surface area contributed by atoms with E-state index in [9.17, 15) is 9.59 Å². The predicted octanol–water partition coefficient (Wildman–Crippen LogP) is 2.61. The quantitative estimate of drug-likeness (QED) is 0.608. The van der Waals surface area contributed by atoms with Crippen molar-refractivity contribution in [1.29, 1.82) is 0 Å². The summed E-state index contributed by atoms with van der Waals surface area (Å²) in [5, 5.41) is 8.00. The summed E-state index contributed by atoms with van der Waals surface area (Å²) in [5.41, 5.74) is 4.72. The number of anilines is 1. The molecule has 0 saturated heterocycles. The van der Waals surface area contributed by atoms with Crippen molar-refractivity contribution in [3.63, 3.8) is 0 Å². The van der Waals surface area contributed by atoms with Crippen molar-refractivity contribution in [3.8, 4) is 0 Å². The van der Waals surface area contributed by atoms with Gasteiger partial charge in [-0.25, -0.2) is 18.9 Å².